The molecular weight excluding hydrogens is 262 g/mol. The highest BCUT2D eigenvalue weighted by Gasteiger charge is 2.34. The molecule has 2 aliphatic rings. The van der Waals surface area contributed by atoms with E-state index in [1.165, 1.54) is 11.1 Å². The Morgan fingerprint density at radius 3 is 3.00 bits per heavy atom. The molecule has 1 heterocycles. The van der Waals surface area contributed by atoms with Crippen molar-refractivity contribution in [2.45, 2.75) is 50.7 Å². The minimum Gasteiger partial charge on any atom is -0.323 e. The van der Waals surface area contributed by atoms with Gasteiger partial charge in [0.05, 0.1) is 12.6 Å². The molecule has 1 amide bonds. The Hall–Kier alpha value is -1.86. The first-order chi connectivity index (χ1) is 10.2. The highest BCUT2D eigenvalue weighted by Crippen LogP contribution is 2.30. The van der Waals surface area contributed by atoms with Gasteiger partial charge in [-0.25, -0.2) is 0 Å². The molecule has 1 fully saturated rings. The van der Waals surface area contributed by atoms with E-state index in [1.807, 2.05) is 6.92 Å². The van der Waals surface area contributed by atoms with E-state index in [1.54, 1.807) is 4.90 Å². The number of hydrogen-bond acceptors (Lipinski definition) is 3. The SMILES string of the molecule is C[C@H]1CC[C@@H](C#N)N1C(=O)CNC1CCc2ccccc21. The molecule has 110 valence electrons. The summed E-state index contributed by atoms with van der Waals surface area (Å²) in [6, 6.07) is 10.9. The number of aryl methyl sites for hydroxylation is 1. The molecule has 1 saturated heterocycles. The maximum absolute atomic E-state index is 12.4. The van der Waals surface area contributed by atoms with Gasteiger partial charge in [-0.15, -0.1) is 0 Å². The molecule has 1 aromatic carbocycles. The first-order valence-corrected chi connectivity index (χ1v) is 7.72. The summed E-state index contributed by atoms with van der Waals surface area (Å²) in [6.45, 7) is 2.35. The van der Waals surface area contributed by atoms with Gasteiger partial charge in [0.1, 0.15) is 6.04 Å². The number of amides is 1. The predicted molar refractivity (Wildman–Crippen MR) is 80.4 cm³/mol. The van der Waals surface area contributed by atoms with Crippen molar-refractivity contribution in [2.75, 3.05) is 6.54 Å². The second-order valence-corrected chi connectivity index (χ2v) is 6.04. The fourth-order valence-electron chi connectivity index (χ4n) is 3.60. The predicted octanol–water partition coefficient (Wildman–Crippen LogP) is 2.17. The Kier molecular flexibility index (Phi) is 3.94. The van der Waals surface area contributed by atoms with Gasteiger partial charge in [0.2, 0.25) is 5.91 Å². The third kappa shape index (κ3) is 2.66. The maximum atomic E-state index is 12.4. The number of carbonyl (C=O) groups is 1. The summed E-state index contributed by atoms with van der Waals surface area (Å²) in [5, 5.41) is 12.5. The molecule has 4 nitrogen and oxygen atoms in total. The Bertz CT molecular complexity index is 578. The lowest BCUT2D eigenvalue weighted by atomic mass is 10.1. The van der Waals surface area contributed by atoms with E-state index >= 15 is 0 Å². The zero-order chi connectivity index (χ0) is 14.8. The lowest BCUT2D eigenvalue weighted by Crippen LogP contribution is -2.44. The number of benzene rings is 1. The van der Waals surface area contributed by atoms with Gasteiger partial charge < -0.3 is 10.2 Å². The van der Waals surface area contributed by atoms with Crippen molar-refractivity contribution in [2.24, 2.45) is 0 Å². The summed E-state index contributed by atoms with van der Waals surface area (Å²) in [4.78, 5) is 14.2. The van der Waals surface area contributed by atoms with Crippen LogP contribution in [-0.4, -0.2) is 29.4 Å². The highest BCUT2D eigenvalue weighted by atomic mass is 16.2. The lowest BCUT2D eigenvalue weighted by molar-refractivity contribution is -0.132. The number of carbonyl (C=O) groups excluding carboxylic acids is 1. The van der Waals surface area contributed by atoms with Crippen molar-refractivity contribution in [1.29, 1.82) is 5.26 Å². The van der Waals surface area contributed by atoms with Crippen LogP contribution in [0, 0.1) is 11.3 Å². The van der Waals surface area contributed by atoms with Crippen molar-refractivity contribution >= 4 is 5.91 Å². The normalized spacial score (nSPS) is 27.4. The summed E-state index contributed by atoms with van der Waals surface area (Å²) in [6.07, 6.45) is 3.85. The van der Waals surface area contributed by atoms with Crippen LogP contribution in [0.4, 0.5) is 0 Å². The largest absolute Gasteiger partial charge is 0.323 e. The van der Waals surface area contributed by atoms with Gasteiger partial charge in [-0.2, -0.15) is 5.26 Å². The van der Waals surface area contributed by atoms with Gasteiger partial charge in [-0.1, -0.05) is 24.3 Å². The fourth-order valence-corrected chi connectivity index (χ4v) is 3.60. The number of hydrogen-bond donors (Lipinski definition) is 1. The molecule has 0 saturated carbocycles. The second-order valence-electron chi connectivity index (χ2n) is 6.04. The van der Waals surface area contributed by atoms with Crippen LogP contribution >= 0.6 is 0 Å². The van der Waals surface area contributed by atoms with Crippen molar-refractivity contribution < 1.29 is 4.79 Å². The number of fused-ring (bicyclic) bond motifs is 1. The average molecular weight is 283 g/mol. The third-order valence-corrected chi connectivity index (χ3v) is 4.74. The van der Waals surface area contributed by atoms with Gasteiger partial charge in [-0.3, -0.25) is 4.79 Å². The van der Waals surface area contributed by atoms with Crippen LogP contribution in [0.2, 0.25) is 0 Å². The topological polar surface area (TPSA) is 56.1 Å². The number of nitriles is 1. The van der Waals surface area contributed by atoms with Crippen molar-refractivity contribution in [1.82, 2.24) is 10.2 Å². The van der Waals surface area contributed by atoms with E-state index in [0.717, 1.165) is 25.7 Å². The van der Waals surface area contributed by atoms with Crippen LogP contribution in [0.25, 0.3) is 0 Å². The molecular formula is C17H21N3O. The zero-order valence-electron chi connectivity index (χ0n) is 12.4. The van der Waals surface area contributed by atoms with Gasteiger partial charge in [0, 0.05) is 12.1 Å². The van der Waals surface area contributed by atoms with Crippen LogP contribution in [-0.2, 0) is 11.2 Å². The smallest absolute Gasteiger partial charge is 0.237 e. The molecule has 0 spiro atoms. The molecule has 0 aromatic heterocycles. The summed E-state index contributed by atoms with van der Waals surface area (Å²) in [5.74, 6) is 0.0518. The first kappa shape index (κ1) is 14.1. The van der Waals surface area contributed by atoms with Crippen molar-refractivity contribution in [3.63, 3.8) is 0 Å². The lowest BCUT2D eigenvalue weighted by Gasteiger charge is -2.25. The maximum Gasteiger partial charge on any atom is 0.237 e. The van der Waals surface area contributed by atoms with Crippen LogP contribution in [0.5, 0.6) is 0 Å². The number of nitrogens with zero attached hydrogens (tertiary/aromatic N) is 2. The molecule has 0 bridgehead atoms. The Labute approximate surface area is 125 Å². The van der Waals surface area contributed by atoms with E-state index < -0.39 is 0 Å². The molecule has 1 aliphatic carbocycles. The summed E-state index contributed by atoms with van der Waals surface area (Å²) >= 11 is 0. The van der Waals surface area contributed by atoms with Gasteiger partial charge in [0.15, 0.2) is 0 Å². The molecule has 3 rings (SSSR count). The standard InChI is InChI=1S/C17H21N3O/c1-12-6-8-14(10-18)20(12)17(21)11-19-16-9-7-13-4-2-3-5-15(13)16/h2-5,12,14,16,19H,6-9,11H2,1H3/t12-,14-,16?/m0/s1. The van der Waals surface area contributed by atoms with Crippen LogP contribution in [0.15, 0.2) is 24.3 Å². The molecule has 1 N–H and O–H groups in total. The Balaban J connectivity index is 1.61. The molecule has 1 unspecified atom stereocenters. The third-order valence-electron chi connectivity index (χ3n) is 4.74. The average Bonchev–Trinajstić information content (AvgIpc) is 3.08. The van der Waals surface area contributed by atoms with E-state index in [-0.39, 0.29) is 24.0 Å². The van der Waals surface area contributed by atoms with Gasteiger partial charge >= 0.3 is 0 Å². The minimum absolute atomic E-state index is 0.0518. The fraction of sp³-hybridized carbons (Fsp3) is 0.529. The molecule has 4 heteroatoms. The second kappa shape index (κ2) is 5.87. The van der Waals surface area contributed by atoms with Crippen molar-refractivity contribution in [3.8, 4) is 6.07 Å². The molecule has 1 aromatic rings. The van der Waals surface area contributed by atoms with E-state index in [9.17, 15) is 4.79 Å². The first-order valence-electron chi connectivity index (χ1n) is 7.72. The minimum atomic E-state index is -0.245. The Morgan fingerprint density at radius 2 is 2.19 bits per heavy atom. The summed E-state index contributed by atoms with van der Waals surface area (Å²) < 4.78 is 0. The monoisotopic (exact) mass is 283 g/mol. The summed E-state index contributed by atoms with van der Waals surface area (Å²) in [7, 11) is 0. The van der Waals surface area contributed by atoms with E-state index in [2.05, 4.69) is 35.7 Å². The zero-order valence-corrected chi connectivity index (χ0v) is 12.4. The van der Waals surface area contributed by atoms with E-state index in [4.69, 9.17) is 5.26 Å². The Morgan fingerprint density at radius 1 is 1.38 bits per heavy atom. The summed E-state index contributed by atoms with van der Waals surface area (Å²) in [5.41, 5.74) is 2.70. The van der Waals surface area contributed by atoms with Crippen molar-refractivity contribution in [3.05, 3.63) is 35.4 Å². The molecule has 3 atom stereocenters. The molecule has 0 radical (unpaired) electrons. The van der Waals surface area contributed by atoms with Crippen LogP contribution < -0.4 is 5.32 Å². The highest BCUT2D eigenvalue weighted by molar-refractivity contribution is 5.79. The number of likely N-dealkylation sites (tertiary alicyclic amines) is 1. The quantitative estimate of drug-likeness (QED) is 0.925. The van der Waals surface area contributed by atoms with E-state index in [0.29, 0.717) is 6.54 Å². The number of rotatable bonds is 3. The molecule has 1 aliphatic heterocycles. The van der Waals surface area contributed by atoms with Gasteiger partial charge in [0.25, 0.3) is 0 Å². The van der Waals surface area contributed by atoms with Crippen LogP contribution in [0.1, 0.15) is 43.4 Å². The molecule has 21 heavy (non-hydrogen) atoms. The van der Waals surface area contributed by atoms with Gasteiger partial charge in [-0.05, 0) is 43.7 Å². The van der Waals surface area contributed by atoms with Crippen LogP contribution in [0.3, 0.4) is 0 Å². The number of nitrogens with one attached hydrogen (secondary N) is 1.